The first-order valence-electron chi connectivity index (χ1n) is 6.57. The van der Waals surface area contributed by atoms with E-state index in [4.69, 9.17) is 11.6 Å². The van der Waals surface area contributed by atoms with Gasteiger partial charge in [0.15, 0.2) is 0 Å². The van der Waals surface area contributed by atoms with Gasteiger partial charge in [-0.1, -0.05) is 42.8 Å². The number of hydrogen-bond acceptors (Lipinski definition) is 2. The summed E-state index contributed by atoms with van der Waals surface area (Å²) in [5.74, 6) is 0. The first kappa shape index (κ1) is 13.9. The third kappa shape index (κ3) is 3.48. The molecule has 1 aromatic carbocycles. The van der Waals surface area contributed by atoms with Gasteiger partial charge >= 0.3 is 0 Å². The molecule has 1 unspecified atom stereocenters. The average molecular weight is 275 g/mol. The summed E-state index contributed by atoms with van der Waals surface area (Å²) in [6.45, 7) is 6.27. The van der Waals surface area contributed by atoms with E-state index in [-0.39, 0.29) is 6.04 Å². The molecule has 1 atom stereocenters. The zero-order valence-electron chi connectivity index (χ0n) is 11.6. The lowest BCUT2D eigenvalue weighted by Gasteiger charge is -2.16. The van der Waals surface area contributed by atoms with Crippen molar-refractivity contribution < 1.29 is 0 Å². The lowest BCUT2D eigenvalue weighted by Crippen LogP contribution is -2.07. The van der Waals surface area contributed by atoms with Crippen LogP contribution in [0.4, 0.5) is 5.69 Å². The average Bonchev–Trinajstić information content (AvgIpc) is 2.43. The number of nitrogens with one attached hydrogen (secondary N) is 1. The summed E-state index contributed by atoms with van der Waals surface area (Å²) in [5.41, 5.74) is 4.61. The van der Waals surface area contributed by atoms with Gasteiger partial charge in [0, 0.05) is 6.04 Å². The van der Waals surface area contributed by atoms with Crippen molar-refractivity contribution in [1.29, 1.82) is 0 Å². The van der Waals surface area contributed by atoms with Crippen molar-refractivity contribution in [2.45, 2.75) is 33.2 Å². The molecule has 0 aliphatic carbocycles. The molecule has 19 heavy (non-hydrogen) atoms. The van der Waals surface area contributed by atoms with Crippen LogP contribution in [0.25, 0.3) is 0 Å². The predicted molar refractivity (Wildman–Crippen MR) is 81.8 cm³/mol. The van der Waals surface area contributed by atoms with Gasteiger partial charge in [0.05, 0.1) is 11.9 Å². The molecule has 1 N–H and O–H groups in total. The van der Waals surface area contributed by atoms with E-state index in [1.807, 2.05) is 13.0 Å². The Hall–Kier alpha value is -1.54. The van der Waals surface area contributed by atoms with Crippen molar-refractivity contribution in [3.8, 4) is 0 Å². The highest BCUT2D eigenvalue weighted by Gasteiger charge is 2.06. The van der Waals surface area contributed by atoms with Crippen molar-refractivity contribution >= 4 is 17.3 Å². The molecule has 0 radical (unpaired) electrons. The zero-order chi connectivity index (χ0) is 13.8. The van der Waals surface area contributed by atoms with Crippen LogP contribution in [0.5, 0.6) is 0 Å². The van der Waals surface area contributed by atoms with Crippen molar-refractivity contribution in [2.75, 3.05) is 5.32 Å². The largest absolute Gasteiger partial charge is 0.377 e. The van der Waals surface area contributed by atoms with Crippen molar-refractivity contribution in [2.24, 2.45) is 0 Å². The van der Waals surface area contributed by atoms with E-state index in [0.717, 1.165) is 17.7 Å². The molecule has 1 aromatic heterocycles. The molecule has 0 bridgehead atoms. The standard InChI is InChI=1S/C16H19ClN2/c1-4-13-5-7-14(8-6-13)12(3)19-15-9-11(2)16(17)18-10-15/h5-10,12,19H,4H2,1-3H3. The maximum Gasteiger partial charge on any atom is 0.132 e. The summed E-state index contributed by atoms with van der Waals surface area (Å²) in [6, 6.07) is 11.0. The first-order valence-corrected chi connectivity index (χ1v) is 6.95. The minimum absolute atomic E-state index is 0.244. The van der Waals surface area contributed by atoms with Gasteiger partial charge in [0.1, 0.15) is 5.15 Å². The second-order valence-corrected chi connectivity index (χ2v) is 5.15. The van der Waals surface area contributed by atoms with E-state index in [0.29, 0.717) is 5.15 Å². The van der Waals surface area contributed by atoms with Crippen LogP contribution in [0.1, 0.15) is 36.6 Å². The number of rotatable bonds is 4. The van der Waals surface area contributed by atoms with Crippen molar-refractivity contribution in [1.82, 2.24) is 4.98 Å². The third-order valence-electron chi connectivity index (χ3n) is 3.29. The number of aromatic nitrogens is 1. The van der Waals surface area contributed by atoms with Crippen LogP contribution >= 0.6 is 11.6 Å². The van der Waals surface area contributed by atoms with E-state index in [9.17, 15) is 0 Å². The summed E-state index contributed by atoms with van der Waals surface area (Å²) in [4.78, 5) is 4.16. The van der Waals surface area contributed by atoms with Gasteiger partial charge in [-0.05, 0) is 43.0 Å². The normalized spacial score (nSPS) is 12.2. The monoisotopic (exact) mass is 274 g/mol. The molecule has 0 amide bonds. The molecule has 2 nitrogen and oxygen atoms in total. The summed E-state index contributed by atoms with van der Waals surface area (Å²) in [6.07, 6.45) is 2.84. The van der Waals surface area contributed by atoms with Crippen LogP contribution in [0.3, 0.4) is 0 Å². The van der Waals surface area contributed by atoms with E-state index >= 15 is 0 Å². The first-order chi connectivity index (χ1) is 9.10. The Morgan fingerprint density at radius 2 is 1.95 bits per heavy atom. The molecular formula is C16H19ClN2. The Labute approximate surface area is 119 Å². The molecule has 0 saturated carbocycles. The third-order valence-corrected chi connectivity index (χ3v) is 3.68. The minimum atomic E-state index is 0.244. The predicted octanol–water partition coefficient (Wildman–Crippen LogP) is 4.78. The molecule has 100 valence electrons. The maximum atomic E-state index is 5.93. The van der Waals surface area contributed by atoms with Gasteiger partial charge in [0.2, 0.25) is 0 Å². The van der Waals surface area contributed by atoms with Gasteiger partial charge in [-0.3, -0.25) is 0 Å². The summed E-state index contributed by atoms with van der Waals surface area (Å²) in [7, 11) is 0. The SMILES string of the molecule is CCc1ccc(C(C)Nc2cnc(Cl)c(C)c2)cc1. The van der Waals surface area contributed by atoms with Crippen LogP contribution in [0, 0.1) is 6.92 Å². The highest BCUT2D eigenvalue weighted by atomic mass is 35.5. The van der Waals surface area contributed by atoms with Gasteiger partial charge in [-0.25, -0.2) is 4.98 Å². The van der Waals surface area contributed by atoms with Gasteiger partial charge in [0.25, 0.3) is 0 Å². The number of nitrogens with zero attached hydrogens (tertiary/aromatic N) is 1. The van der Waals surface area contributed by atoms with E-state index < -0.39 is 0 Å². The Bertz CT molecular complexity index is 549. The van der Waals surface area contributed by atoms with Crippen LogP contribution in [-0.2, 0) is 6.42 Å². The molecule has 0 aliphatic heterocycles. The topological polar surface area (TPSA) is 24.9 Å². The molecule has 1 heterocycles. The highest BCUT2D eigenvalue weighted by Crippen LogP contribution is 2.22. The quantitative estimate of drug-likeness (QED) is 0.812. The van der Waals surface area contributed by atoms with Crippen molar-refractivity contribution in [3.05, 3.63) is 58.4 Å². The maximum absolute atomic E-state index is 5.93. The van der Waals surface area contributed by atoms with Crippen LogP contribution in [0.2, 0.25) is 5.15 Å². The molecule has 0 aliphatic rings. The molecule has 2 aromatic rings. The number of halogens is 1. The van der Waals surface area contributed by atoms with Crippen LogP contribution < -0.4 is 5.32 Å². The second-order valence-electron chi connectivity index (χ2n) is 4.79. The number of aryl methyl sites for hydroxylation is 2. The number of anilines is 1. The Kier molecular flexibility index (Phi) is 4.43. The number of pyridine rings is 1. The minimum Gasteiger partial charge on any atom is -0.377 e. The highest BCUT2D eigenvalue weighted by molar-refractivity contribution is 6.30. The second kappa shape index (κ2) is 6.07. The van der Waals surface area contributed by atoms with Crippen molar-refractivity contribution in [3.63, 3.8) is 0 Å². The zero-order valence-corrected chi connectivity index (χ0v) is 12.3. The summed E-state index contributed by atoms with van der Waals surface area (Å²) in [5, 5.41) is 4.00. The molecule has 0 fully saturated rings. The number of hydrogen-bond donors (Lipinski definition) is 1. The fourth-order valence-corrected chi connectivity index (χ4v) is 2.12. The Morgan fingerprint density at radius 1 is 1.26 bits per heavy atom. The number of benzene rings is 1. The van der Waals surface area contributed by atoms with Crippen LogP contribution in [-0.4, -0.2) is 4.98 Å². The Morgan fingerprint density at radius 3 is 2.53 bits per heavy atom. The smallest absolute Gasteiger partial charge is 0.132 e. The summed E-state index contributed by atoms with van der Waals surface area (Å²) >= 11 is 5.93. The van der Waals surface area contributed by atoms with Gasteiger partial charge < -0.3 is 5.32 Å². The van der Waals surface area contributed by atoms with E-state index in [1.54, 1.807) is 6.20 Å². The van der Waals surface area contributed by atoms with E-state index in [1.165, 1.54) is 11.1 Å². The van der Waals surface area contributed by atoms with Gasteiger partial charge in [-0.15, -0.1) is 0 Å². The molecular weight excluding hydrogens is 256 g/mol. The fourth-order valence-electron chi connectivity index (χ4n) is 2.01. The fraction of sp³-hybridized carbons (Fsp3) is 0.312. The molecule has 0 spiro atoms. The lowest BCUT2D eigenvalue weighted by molar-refractivity contribution is 0.880. The Balaban J connectivity index is 2.10. The molecule has 0 saturated heterocycles. The molecule has 2 rings (SSSR count). The lowest BCUT2D eigenvalue weighted by atomic mass is 10.0. The summed E-state index contributed by atoms with van der Waals surface area (Å²) < 4.78 is 0. The van der Waals surface area contributed by atoms with Crippen LogP contribution in [0.15, 0.2) is 36.5 Å². The molecule has 3 heteroatoms. The van der Waals surface area contributed by atoms with Gasteiger partial charge in [-0.2, -0.15) is 0 Å². The van der Waals surface area contributed by atoms with E-state index in [2.05, 4.69) is 48.4 Å².